The van der Waals surface area contributed by atoms with Gasteiger partial charge in [0.2, 0.25) is 0 Å². The van der Waals surface area contributed by atoms with Crippen molar-refractivity contribution >= 4 is 15.9 Å². The standard InChI is InChI=1S/C13H17BrN4/c1-9(2)15-7-11-8-18(17-16-11)12-4-5-13(14)10(3)6-12/h4-6,8-9,15H,7H2,1-3H3. The first kappa shape index (κ1) is 13.2. The third-order valence-electron chi connectivity index (χ3n) is 2.64. The van der Waals surface area contributed by atoms with E-state index in [0.29, 0.717) is 6.04 Å². The molecule has 1 aromatic heterocycles. The van der Waals surface area contributed by atoms with Gasteiger partial charge in [0.05, 0.1) is 17.6 Å². The summed E-state index contributed by atoms with van der Waals surface area (Å²) in [6.45, 7) is 7.03. The van der Waals surface area contributed by atoms with E-state index in [2.05, 4.69) is 58.4 Å². The smallest absolute Gasteiger partial charge is 0.0969 e. The molecule has 1 N–H and O–H groups in total. The van der Waals surface area contributed by atoms with Gasteiger partial charge in [-0.05, 0) is 30.7 Å². The van der Waals surface area contributed by atoms with Crippen molar-refractivity contribution in [1.29, 1.82) is 0 Å². The predicted octanol–water partition coefficient (Wildman–Crippen LogP) is 2.84. The van der Waals surface area contributed by atoms with E-state index in [1.54, 1.807) is 4.68 Å². The minimum absolute atomic E-state index is 0.449. The van der Waals surface area contributed by atoms with E-state index in [-0.39, 0.29) is 0 Å². The molecule has 0 aliphatic heterocycles. The van der Waals surface area contributed by atoms with Crippen molar-refractivity contribution in [2.75, 3.05) is 0 Å². The Morgan fingerprint density at radius 2 is 2.17 bits per heavy atom. The van der Waals surface area contributed by atoms with Crippen LogP contribution in [0.25, 0.3) is 5.69 Å². The minimum Gasteiger partial charge on any atom is -0.309 e. The Hall–Kier alpha value is -1.20. The lowest BCUT2D eigenvalue weighted by molar-refractivity contribution is 0.580. The summed E-state index contributed by atoms with van der Waals surface area (Å²) in [5.41, 5.74) is 3.16. The first-order valence-corrected chi connectivity index (χ1v) is 6.76. The number of nitrogens with zero attached hydrogens (tertiary/aromatic N) is 3. The number of rotatable bonds is 4. The van der Waals surface area contributed by atoms with Gasteiger partial charge in [-0.2, -0.15) is 0 Å². The van der Waals surface area contributed by atoms with Crippen molar-refractivity contribution in [3.8, 4) is 5.69 Å². The summed E-state index contributed by atoms with van der Waals surface area (Å²) in [7, 11) is 0. The molecule has 2 aromatic rings. The Morgan fingerprint density at radius 1 is 1.39 bits per heavy atom. The molecule has 0 unspecified atom stereocenters. The van der Waals surface area contributed by atoms with E-state index in [1.807, 2.05) is 18.3 Å². The van der Waals surface area contributed by atoms with Crippen LogP contribution in [-0.2, 0) is 6.54 Å². The highest BCUT2D eigenvalue weighted by atomic mass is 79.9. The summed E-state index contributed by atoms with van der Waals surface area (Å²) in [5.74, 6) is 0. The number of hydrogen-bond donors (Lipinski definition) is 1. The second-order valence-corrected chi connectivity index (χ2v) is 5.48. The minimum atomic E-state index is 0.449. The molecule has 0 saturated carbocycles. The maximum absolute atomic E-state index is 4.16. The zero-order chi connectivity index (χ0) is 13.1. The molecule has 0 aliphatic rings. The quantitative estimate of drug-likeness (QED) is 0.944. The number of hydrogen-bond acceptors (Lipinski definition) is 3. The van der Waals surface area contributed by atoms with E-state index in [9.17, 15) is 0 Å². The van der Waals surface area contributed by atoms with Crippen molar-refractivity contribution in [1.82, 2.24) is 20.3 Å². The molecule has 0 radical (unpaired) electrons. The lowest BCUT2D eigenvalue weighted by Gasteiger charge is -2.04. The molecule has 4 nitrogen and oxygen atoms in total. The summed E-state index contributed by atoms with van der Waals surface area (Å²) >= 11 is 3.49. The molecule has 1 heterocycles. The van der Waals surface area contributed by atoms with Crippen LogP contribution in [0.1, 0.15) is 25.1 Å². The second-order valence-electron chi connectivity index (χ2n) is 4.62. The predicted molar refractivity (Wildman–Crippen MR) is 75.8 cm³/mol. The number of halogens is 1. The molecule has 1 aromatic carbocycles. The van der Waals surface area contributed by atoms with Crippen LogP contribution < -0.4 is 5.32 Å². The van der Waals surface area contributed by atoms with Crippen LogP contribution in [0.2, 0.25) is 0 Å². The fourth-order valence-corrected chi connectivity index (χ4v) is 1.83. The Kier molecular flexibility index (Phi) is 4.14. The van der Waals surface area contributed by atoms with Crippen LogP contribution in [0.3, 0.4) is 0 Å². The molecule has 0 atom stereocenters. The first-order chi connectivity index (χ1) is 8.56. The third kappa shape index (κ3) is 3.17. The van der Waals surface area contributed by atoms with Crippen molar-refractivity contribution in [3.05, 3.63) is 40.1 Å². The molecule has 5 heteroatoms. The topological polar surface area (TPSA) is 42.7 Å². The second kappa shape index (κ2) is 5.63. The van der Waals surface area contributed by atoms with Crippen LogP contribution in [0.15, 0.2) is 28.9 Å². The van der Waals surface area contributed by atoms with E-state index >= 15 is 0 Å². The van der Waals surface area contributed by atoms with Crippen LogP contribution >= 0.6 is 15.9 Å². The van der Waals surface area contributed by atoms with E-state index in [1.165, 1.54) is 5.56 Å². The highest BCUT2D eigenvalue weighted by Crippen LogP contribution is 2.19. The Balaban J connectivity index is 2.16. The molecule has 0 aliphatic carbocycles. The zero-order valence-electron chi connectivity index (χ0n) is 10.8. The molecule has 18 heavy (non-hydrogen) atoms. The average molecular weight is 309 g/mol. The van der Waals surface area contributed by atoms with Crippen LogP contribution in [0, 0.1) is 6.92 Å². The number of benzene rings is 1. The lowest BCUT2D eigenvalue weighted by Crippen LogP contribution is -2.21. The van der Waals surface area contributed by atoms with Crippen LogP contribution in [0.4, 0.5) is 0 Å². The highest BCUT2D eigenvalue weighted by Gasteiger charge is 2.04. The molecular weight excluding hydrogens is 292 g/mol. The molecule has 0 saturated heterocycles. The van der Waals surface area contributed by atoms with E-state index in [0.717, 1.165) is 22.4 Å². The zero-order valence-corrected chi connectivity index (χ0v) is 12.4. The third-order valence-corrected chi connectivity index (χ3v) is 3.53. The molecular formula is C13H17BrN4. The van der Waals surface area contributed by atoms with Gasteiger partial charge in [-0.25, -0.2) is 4.68 Å². The fraction of sp³-hybridized carbons (Fsp3) is 0.385. The first-order valence-electron chi connectivity index (χ1n) is 5.97. The van der Waals surface area contributed by atoms with Gasteiger partial charge in [-0.3, -0.25) is 0 Å². The largest absolute Gasteiger partial charge is 0.309 e. The van der Waals surface area contributed by atoms with Gasteiger partial charge >= 0.3 is 0 Å². The lowest BCUT2D eigenvalue weighted by atomic mass is 10.2. The Labute approximate surface area is 116 Å². The molecule has 0 bridgehead atoms. The summed E-state index contributed by atoms with van der Waals surface area (Å²) in [6, 6.07) is 6.58. The average Bonchev–Trinajstić information content (AvgIpc) is 2.79. The highest BCUT2D eigenvalue weighted by molar-refractivity contribution is 9.10. The SMILES string of the molecule is Cc1cc(-n2cc(CNC(C)C)nn2)ccc1Br. The van der Waals surface area contributed by atoms with E-state index in [4.69, 9.17) is 0 Å². The van der Waals surface area contributed by atoms with Crippen molar-refractivity contribution in [2.24, 2.45) is 0 Å². The van der Waals surface area contributed by atoms with Crippen molar-refractivity contribution in [3.63, 3.8) is 0 Å². The van der Waals surface area contributed by atoms with Gasteiger partial charge < -0.3 is 5.32 Å². The number of nitrogens with one attached hydrogen (secondary N) is 1. The Morgan fingerprint density at radius 3 is 2.83 bits per heavy atom. The molecule has 2 rings (SSSR count). The Bertz CT molecular complexity index is 534. The van der Waals surface area contributed by atoms with Crippen LogP contribution in [-0.4, -0.2) is 21.0 Å². The summed E-state index contributed by atoms with van der Waals surface area (Å²) in [5, 5.41) is 11.6. The normalized spacial score (nSPS) is 11.2. The summed E-state index contributed by atoms with van der Waals surface area (Å²) in [6.07, 6.45) is 1.96. The number of aromatic nitrogens is 3. The number of aryl methyl sites for hydroxylation is 1. The van der Waals surface area contributed by atoms with E-state index < -0.39 is 0 Å². The monoisotopic (exact) mass is 308 g/mol. The van der Waals surface area contributed by atoms with Crippen LogP contribution in [0.5, 0.6) is 0 Å². The van der Waals surface area contributed by atoms with Gasteiger partial charge in [-0.1, -0.05) is 35.0 Å². The maximum atomic E-state index is 4.16. The van der Waals surface area contributed by atoms with Gasteiger partial charge in [0.25, 0.3) is 0 Å². The summed E-state index contributed by atoms with van der Waals surface area (Å²) < 4.78 is 2.91. The summed E-state index contributed by atoms with van der Waals surface area (Å²) in [4.78, 5) is 0. The van der Waals surface area contributed by atoms with Gasteiger partial charge in [-0.15, -0.1) is 5.10 Å². The molecule has 0 fully saturated rings. The molecule has 0 amide bonds. The fourth-order valence-electron chi connectivity index (χ4n) is 1.59. The van der Waals surface area contributed by atoms with Gasteiger partial charge in [0, 0.05) is 17.1 Å². The van der Waals surface area contributed by atoms with Crippen molar-refractivity contribution < 1.29 is 0 Å². The molecule has 0 spiro atoms. The van der Waals surface area contributed by atoms with Gasteiger partial charge in [0.1, 0.15) is 0 Å². The maximum Gasteiger partial charge on any atom is 0.0969 e. The molecule has 96 valence electrons. The van der Waals surface area contributed by atoms with Crippen molar-refractivity contribution in [2.45, 2.75) is 33.4 Å². The van der Waals surface area contributed by atoms with Gasteiger partial charge in [0.15, 0.2) is 0 Å².